The third-order valence-electron chi connectivity index (χ3n) is 3.49. The van der Waals surface area contributed by atoms with Crippen molar-refractivity contribution in [3.05, 3.63) is 58.3 Å². The number of nitrogens with zero attached hydrogens (tertiary/aromatic N) is 1. The number of thiocarbonyl (C=S) groups is 1. The maximum absolute atomic E-state index is 11.9. The molecular formula is C19H21N3O2S2. The average molecular weight is 388 g/mol. The summed E-state index contributed by atoms with van der Waals surface area (Å²) in [4.78, 5) is 26.1. The summed E-state index contributed by atoms with van der Waals surface area (Å²) in [6.45, 7) is 0. The predicted molar refractivity (Wildman–Crippen MR) is 111 cm³/mol. The fourth-order valence-electron chi connectivity index (χ4n) is 2.14. The van der Waals surface area contributed by atoms with Crippen molar-refractivity contribution in [2.45, 2.75) is 12.8 Å². The van der Waals surface area contributed by atoms with Crippen molar-refractivity contribution in [3.63, 3.8) is 0 Å². The van der Waals surface area contributed by atoms with E-state index in [0.29, 0.717) is 12.8 Å². The molecule has 7 heteroatoms. The Kier molecular flexibility index (Phi) is 7.50. The molecule has 5 nitrogen and oxygen atoms in total. The van der Waals surface area contributed by atoms with E-state index in [2.05, 4.69) is 10.6 Å². The molecule has 1 aromatic carbocycles. The molecule has 0 aliphatic heterocycles. The first kappa shape index (κ1) is 19.8. The second-order valence-corrected chi connectivity index (χ2v) is 7.17. The minimum absolute atomic E-state index is 0.0867. The smallest absolute Gasteiger partial charge is 0.250 e. The molecule has 0 radical (unpaired) electrons. The highest BCUT2D eigenvalue weighted by Crippen LogP contribution is 2.13. The number of nitrogens with one attached hydrogen (secondary N) is 2. The summed E-state index contributed by atoms with van der Waals surface area (Å²) in [6.07, 6.45) is 4.29. The summed E-state index contributed by atoms with van der Waals surface area (Å²) in [6, 6.07) is 11.5. The van der Waals surface area contributed by atoms with Crippen LogP contribution in [0.15, 0.2) is 47.9 Å². The number of hydrogen-bond acceptors (Lipinski definition) is 4. The lowest BCUT2D eigenvalue weighted by Crippen LogP contribution is -2.32. The molecular weight excluding hydrogens is 366 g/mol. The topological polar surface area (TPSA) is 61.4 Å². The summed E-state index contributed by atoms with van der Waals surface area (Å²) in [5.41, 5.74) is 1.80. The number of thiophene rings is 1. The van der Waals surface area contributed by atoms with Crippen molar-refractivity contribution >= 4 is 52.2 Å². The first-order valence-corrected chi connectivity index (χ1v) is 9.35. The molecule has 0 fully saturated rings. The second-order valence-electron chi connectivity index (χ2n) is 5.78. The fourth-order valence-corrected chi connectivity index (χ4v) is 2.98. The van der Waals surface area contributed by atoms with Crippen LogP contribution in [0.2, 0.25) is 0 Å². The van der Waals surface area contributed by atoms with Gasteiger partial charge in [0.05, 0.1) is 0 Å². The highest BCUT2D eigenvalue weighted by atomic mass is 32.1. The largest absolute Gasteiger partial charge is 0.349 e. The number of hydrogen-bond donors (Lipinski definition) is 2. The van der Waals surface area contributed by atoms with Gasteiger partial charge in [-0.25, -0.2) is 0 Å². The molecule has 0 aliphatic carbocycles. The van der Waals surface area contributed by atoms with Crippen LogP contribution in [0, 0.1) is 0 Å². The molecule has 2 N–H and O–H groups in total. The van der Waals surface area contributed by atoms with Gasteiger partial charge in [-0.1, -0.05) is 18.2 Å². The summed E-state index contributed by atoms with van der Waals surface area (Å²) in [7, 11) is 3.49. The molecule has 1 heterocycles. The maximum Gasteiger partial charge on any atom is 0.250 e. The van der Waals surface area contributed by atoms with Gasteiger partial charge in [-0.15, -0.1) is 11.3 Å². The number of aryl methyl sites for hydroxylation is 1. The first-order chi connectivity index (χ1) is 12.4. The Hall–Kier alpha value is -2.51. The van der Waals surface area contributed by atoms with Crippen LogP contribution in [0.3, 0.4) is 0 Å². The molecule has 0 unspecified atom stereocenters. The standard InChI is InChI=1S/C19H21N3O2S2/c1-22(2)18(24)11-8-14-5-3-6-15(13-14)20-19(25)21-17(23)10-9-16-7-4-12-26-16/h3-7,9-10,12-13H,8,11H2,1-2H3,(H2,20,21,23,25)/b10-9+. The average Bonchev–Trinajstić information content (AvgIpc) is 3.11. The number of carbonyl (C=O) groups is 2. The number of amides is 2. The van der Waals surface area contributed by atoms with E-state index in [0.717, 1.165) is 16.1 Å². The van der Waals surface area contributed by atoms with Gasteiger partial charge < -0.3 is 10.2 Å². The fraction of sp³-hybridized carbons (Fsp3) is 0.211. The first-order valence-electron chi connectivity index (χ1n) is 8.06. The molecule has 0 atom stereocenters. The number of benzene rings is 1. The summed E-state index contributed by atoms with van der Waals surface area (Å²) >= 11 is 6.73. The second kappa shape index (κ2) is 9.84. The van der Waals surface area contributed by atoms with Gasteiger partial charge in [-0.2, -0.15) is 0 Å². The maximum atomic E-state index is 11.9. The molecule has 2 rings (SSSR count). The van der Waals surface area contributed by atoms with Crippen molar-refractivity contribution in [1.29, 1.82) is 0 Å². The Morgan fingerprint density at radius 3 is 2.73 bits per heavy atom. The third kappa shape index (κ3) is 6.78. The Balaban J connectivity index is 1.85. The van der Waals surface area contributed by atoms with Crippen LogP contribution in [-0.4, -0.2) is 35.9 Å². The van der Waals surface area contributed by atoms with E-state index >= 15 is 0 Å². The molecule has 0 aliphatic rings. The Morgan fingerprint density at radius 2 is 2.04 bits per heavy atom. The lowest BCUT2D eigenvalue weighted by molar-refractivity contribution is -0.128. The zero-order chi connectivity index (χ0) is 18.9. The zero-order valence-electron chi connectivity index (χ0n) is 14.7. The van der Waals surface area contributed by atoms with Gasteiger partial charge in [0.15, 0.2) is 5.11 Å². The van der Waals surface area contributed by atoms with Crippen LogP contribution < -0.4 is 10.6 Å². The zero-order valence-corrected chi connectivity index (χ0v) is 16.3. The molecule has 0 saturated heterocycles. The van der Waals surface area contributed by atoms with Gasteiger partial charge in [0, 0.05) is 37.2 Å². The highest BCUT2D eigenvalue weighted by molar-refractivity contribution is 7.80. The van der Waals surface area contributed by atoms with E-state index in [9.17, 15) is 9.59 Å². The predicted octanol–water partition coefficient (Wildman–Crippen LogP) is 3.30. The van der Waals surface area contributed by atoms with Crippen LogP contribution in [0.25, 0.3) is 6.08 Å². The molecule has 26 heavy (non-hydrogen) atoms. The van der Waals surface area contributed by atoms with Crippen LogP contribution in [0.1, 0.15) is 16.9 Å². The Labute approximate surface area is 162 Å². The van der Waals surface area contributed by atoms with Crippen LogP contribution in [0.5, 0.6) is 0 Å². The lowest BCUT2D eigenvalue weighted by atomic mass is 10.1. The molecule has 0 bridgehead atoms. The van der Waals surface area contributed by atoms with Crippen molar-refractivity contribution in [3.8, 4) is 0 Å². The molecule has 0 spiro atoms. The van der Waals surface area contributed by atoms with Crippen LogP contribution >= 0.6 is 23.6 Å². The van der Waals surface area contributed by atoms with Gasteiger partial charge in [-0.05, 0) is 53.9 Å². The van der Waals surface area contributed by atoms with Gasteiger partial charge in [0.1, 0.15) is 0 Å². The van der Waals surface area contributed by atoms with E-state index in [1.54, 1.807) is 36.4 Å². The lowest BCUT2D eigenvalue weighted by Gasteiger charge is -2.11. The number of rotatable bonds is 6. The van der Waals surface area contributed by atoms with Crippen LogP contribution in [0.4, 0.5) is 5.69 Å². The normalized spacial score (nSPS) is 10.5. The molecule has 2 amide bonds. The highest BCUT2D eigenvalue weighted by Gasteiger charge is 2.06. The van der Waals surface area contributed by atoms with Crippen molar-refractivity contribution < 1.29 is 9.59 Å². The number of carbonyl (C=O) groups excluding carboxylic acids is 2. The minimum Gasteiger partial charge on any atom is -0.349 e. The van der Waals surface area contributed by atoms with E-state index in [1.165, 1.54) is 6.08 Å². The molecule has 136 valence electrons. The van der Waals surface area contributed by atoms with Gasteiger partial charge in [-0.3, -0.25) is 14.9 Å². The van der Waals surface area contributed by atoms with Gasteiger partial charge in [0.25, 0.3) is 0 Å². The molecule has 1 aromatic heterocycles. The Morgan fingerprint density at radius 1 is 1.23 bits per heavy atom. The van der Waals surface area contributed by atoms with E-state index in [-0.39, 0.29) is 16.9 Å². The van der Waals surface area contributed by atoms with Gasteiger partial charge in [0.2, 0.25) is 11.8 Å². The molecule has 2 aromatic rings. The minimum atomic E-state index is -0.288. The van der Waals surface area contributed by atoms with Crippen molar-refractivity contribution in [2.75, 3.05) is 19.4 Å². The quantitative estimate of drug-likeness (QED) is 0.590. The molecule has 0 saturated carbocycles. The Bertz CT molecular complexity index is 799. The van der Waals surface area contributed by atoms with Crippen molar-refractivity contribution in [1.82, 2.24) is 10.2 Å². The van der Waals surface area contributed by atoms with Gasteiger partial charge >= 0.3 is 0 Å². The SMILES string of the molecule is CN(C)C(=O)CCc1cccc(NC(=S)NC(=O)/C=C/c2cccs2)c1. The van der Waals surface area contributed by atoms with Crippen LogP contribution in [-0.2, 0) is 16.0 Å². The number of anilines is 1. The summed E-state index contributed by atoms with van der Waals surface area (Å²) in [5.74, 6) is -0.202. The third-order valence-corrected chi connectivity index (χ3v) is 4.53. The van der Waals surface area contributed by atoms with Crippen molar-refractivity contribution in [2.24, 2.45) is 0 Å². The summed E-state index contributed by atoms with van der Waals surface area (Å²) in [5, 5.41) is 7.78. The summed E-state index contributed by atoms with van der Waals surface area (Å²) < 4.78 is 0. The van der Waals surface area contributed by atoms with E-state index in [4.69, 9.17) is 12.2 Å². The monoisotopic (exact) mass is 387 g/mol. The van der Waals surface area contributed by atoms with E-state index < -0.39 is 0 Å². The van der Waals surface area contributed by atoms with E-state index in [1.807, 2.05) is 41.8 Å².